The summed E-state index contributed by atoms with van der Waals surface area (Å²) >= 11 is 4.80. The minimum absolute atomic E-state index is 0.235. The van der Waals surface area contributed by atoms with Crippen molar-refractivity contribution >= 4 is 24.1 Å². The van der Waals surface area contributed by atoms with Crippen LogP contribution in [0.15, 0.2) is 40.9 Å². The number of nitrogens with one attached hydrogen (secondary N) is 2. The third-order valence-corrected chi connectivity index (χ3v) is 2.45. The Kier molecular flexibility index (Phi) is 2.99. The molecule has 0 spiro atoms. The van der Waals surface area contributed by atoms with E-state index in [2.05, 4.69) is 30.7 Å². The number of hydrogen-bond acceptors (Lipinski definition) is 7. The fourth-order valence-corrected chi connectivity index (χ4v) is 1.52. The first-order valence-electron chi connectivity index (χ1n) is 5.39. The Hall–Kier alpha value is -2.61. The molecule has 0 fully saturated rings. The Labute approximate surface area is 112 Å². The second-order valence-corrected chi connectivity index (χ2v) is 3.96. The highest BCUT2D eigenvalue weighted by atomic mass is 32.1. The summed E-state index contributed by atoms with van der Waals surface area (Å²) in [6.07, 6.45) is 1.48. The average Bonchev–Trinajstić information content (AvgIpc) is 2.91. The second-order valence-electron chi connectivity index (χ2n) is 3.58. The Balaban J connectivity index is 1.82. The predicted octanol–water partition coefficient (Wildman–Crippen LogP) is 2.33. The molecule has 3 aromatic rings. The number of aromatic amines is 1. The molecule has 2 heterocycles. The molecule has 0 atom stereocenters. The molecule has 1 aromatic carbocycles. The molecule has 0 saturated carbocycles. The van der Waals surface area contributed by atoms with Gasteiger partial charge in [-0.05, 0) is 24.4 Å². The monoisotopic (exact) mass is 272 g/mol. The van der Waals surface area contributed by atoms with E-state index in [0.717, 1.165) is 5.56 Å². The predicted molar refractivity (Wildman–Crippen MR) is 70.2 cm³/mol. The van der Waals surface area contributed by atoms with Crippen LogP contribution in [-0.2, 0) is 0 Å². The summed E-state index contributed by atoms with van der Waals surface area (Å²) in [7, 11) is 0. The van der Waals surface area contributed by atoms with E-state index in [-0.39, 0.29) is 6.01 Å². The Morgan fingerprint density at radius 3 is 2.74 bits per heavy atom. The number of hydrogen-bond donors (Lipinski definition) is 2. The quantitative estimate of drug-likeness (QED) is 0.707. The fraction of sp³-hybridized carbons (Fsp3) is 0. The molecule has 0 unspecified atom stereocenters. The van der Waals surface area contributed by atoms with Crippen molar-refractivity contribution in [3.63, 3.8) is 0 Å². The first-order valence-corrected chi connectivity index (χ1v) is 5.80. The van der Waals surface area contributed by atoms with Crippen molar-refractivity contribution in [2.45, 2.75) is 0 Å². The minimum Gasteiger partial charge on any atom is -0.403 e. The fourth-order valence-electron chi connectivity index (χ4n) is 1.43. The molecule has 8 heteroatoms. The van der Waals surface area contributed by atoms with Gasteiger partial charge in [-0.2, -0.15) is 5.10 Å². The smallest absolute Gasteiger partial charge is 0.321 e. The summed E-state index contributed by atoms with van der Waals surface area (Å²) < 4.78 is 5.77. The van der Waals surface area contributed by atoms with Gasteiger partial charge in [-0.25, -0.2) is 10.1 Å². The Morgan fingerprint density at radius 2 is 2.00 bits per heavy atom. The van der Waals surface area contributed by atoms with Crippen molar-refractivity contribution in [3.8, 4) is 11.5 Å². The lowest BCUT2D eigenvalue weighted by atomic mass is 10.2. The molecule has 3 rings (SSSR count). The first kappa shape index (κ1) is 11.5. The van der Waals surface area contributed by atoms with E-state index in [1.807, 2.05) is 30.3 Å². The van der Waals surface area contributed by atoms with Gasteiger partial charge in [0.15, 0.2) is 5.82 Å². The van der Waals surface area contributed by atoms with Crippen LogP contribution in [0.2, 0.25) is 0 Å². The maximum Gasteiger partial charge on any atom is 0.321 e. The van der Waals surface area contributed by atoms with Crippen LogP contribution in [0, 0.1) is 4.77 Å². The summed E-state index contributed by atoms with van der Waals surface area (Å²) in [5.74, 6) is 0.872. The summed E-state index contributed by atoms with van der Waals surface area (Å²) in [6, 6.07) is 9.72. The molecule has 0 aliphatic rings. The van der Waals surface area contributed by atoms with E-state index in [0.29, 0.717) is 16.5 Å². The van der Waals surface area contributed by atoms with Crippen LogP contribution in [0.3, 0.4) is 0 Å². The molecular weight excluding hydrogens is 264 g/mol. The standard InChI is InChI=1S/C11H8N6OS/c19-11-12-6-8(14-17-11)13-10-16-15-9(18-10)7-4-2-1-3-5-7/h1-6H,(H,12,17,19)(H,13,14,16). The van der Waals surface area contributed by atoms with Gasteiger partial charge in [-0.15, -0.1) is 5.10 Å². The molecule has 2 aromatic heterocycles. The lowest BCUT2D eigenvalue weighted by molar-refractivity contribution is 0.586. The maximum atomic E-state index is 5.46. The topological polar surface area (TPSA) is 92.5 Å². The van der Waals surface area contributed by atoms with Gasteiger partial charge >= 0.3 is 6.01 Å². The van der Waals surface area contributed by atoms with Crippen LogP contribution in [0.4, 0.5) is 11.8 Å². The van der Waals surface area contributed by atoms with Gasteiger partial charge in [0.1, 0.15) is 0 Å². The van der Waals surface area contributed by atoms with Crippen LogP contribution in [-0.4, -0.2) is 25.4 Å². The van der Waals surface area contributed by atoms with Crippen LogP contribution in [0.1, 0.15) is 0 Å². The number of rotatable bonds is 3. The number of H-pyrrole nitrogens is 1. The van der Waals surface area contributed by atoms with Gasteiger partial charge in [0.2, 0.25) is 10.7 Å². The van der Waals surface area contributed by atoms with Gasteiger partial charge < -0.3 is 4.42 Å². The third kappa shape index (κ3) is 2.63. The number of nitrogens with zero attached hydrogens (tertiary/aromatic N) is 4. The first-order chi connectivity index (χ1) is 9.31. The lowest BCUT2D eigenvalue weighted by Crippen LogP contribution is -1.96. The summed E-state index contributed by atoms with van der Waals surface area (Å²) in [4.78, 5) is 3.88. The van der Waals surface area contributed by atoms with Crippen molar-refractivity contribution in [2.24, 2.45) is 0 Å². The second kappa shape index (κ2) is 4.94. The molecule has 2 N–H and O–H groups in total. The molecule has 0 amide bonds. The number of aromatic nitrogens is 5. The minimum atomic E-state index is 0.235. The van der Waals surface area contributed by atoms with Gasteiger partial charge in [0.25, 0.3) is 0 Å². The van der Waals surface area contributed by atoms with Crippen LogP contribution in [0.5, 0.6) is 0 Å². The van der Waals surface area contributed by atoms with E-state index in [9.17, 15) is 0 Å². The van der Waals surface area contributed by atoms with Gasteiger partial charge in [0, 0.05) is 5.56 Å². The number of benzene rings is 1. The molecule has 0 aliphatic heterocycles. The molecule has 0 aliphatic carbocycles. The molecule has 0 bridgehead atoms. The normalized spacial score (nSPS) is 10.3. The molecule has 19 heavy (non-hydrogen) atoms. The molecule has 0 saturated heterocycles. The van der Waals surface area contributed by atoms with Crippen LogP contribution >= 0.6 is 12.2 Å². The third-order valence-electron chi connectivity index (χ3n) is 2.26. The zero-order valence-electron chi connectivity index (χ0n) is 9.57. The van der Waals surface area contributed by atoms with Crippen LogP contribution < -0.4 is 5.32 Å². The molecule has 0 radical (unpaired) electrons. The summed E-state index contributed by atoms with van der Waals surface area (Å²) in [5, 5.41) is 17.1. The van der Waals surface area contributed by atoms with Crippen molar-refractivity contribution in [2.75, 3.05) is 5.32 Å². The zero-order chi connectivity index (χ0) is 13.1. The SMILES string of the molecule is S=c1ncc(Nc2nnc(-c3ccccc3)o2)n[nH]1. The largest absolute Gasteiger partial charge is 0.403 e. The highest BCUT2D eigenvalue weighted by molar-refractivity contribution is 7.71. The molecule has 94 valence electrons. The Bertz CT molecular complexity index is 718. The van der Waals surface area contributed by atoms with E-state index < -0.39 is 0 Å². The van der Waals surface area contributed by atoms with E-state index in [4.69, 9.17) is 16.6 Å². The van der Waals surface area contributed by atoms with Gasteiger partial charge in [-0.1, -0.05) is 23.3 Å². The highest BCUT2D eigenvalue weighted by Crippen LogP contribution is 2.20. The van der Waals surface area contributed by atoms with Crippen molar-refractivity contribution in [1.29, 1.82) is 0 Å². The zero-order valence-corrected chi connectivity index (χ0v) is 10.4. The lowest BCUT2D eigenvalue weighted by Gasteiger charge is -1.97. The Morgan fingerprint density at radius 1 is 1.16 bits per heavy atom. The average molecular weight is 272 g/mol. The van der Waals surface area contributed by atoms with Crippen molar-refractivity contribution in [3.05, 3.63) is 41.3 Å². The van der Waals surface area contributed by atoms with Crippen LogP contribution in [0.25, 0.3) is 11.5 Å². The van der Waals surface area contributed by atoms with Crippen molar-refractivity contribution in [1.82, 2.24) is 25.4 Å². The maximum absolute atomic E-state index is 5.46. The van der Waals surface area contributed by atoms with Crippen molar-refractivity contribution < 1.29 is 4.42 Å². The van der Waals surface area contributed by atoms with Gasteiger partial charge in [0.05, 0.1) is 6.20 Å². The number of anilines is 2. The molecular formula is C11H8N6OS. The highest BCUT2D eigenvalue weighted by Gasteiger charge is 2.08. The van der Waals surface area contributed by atoms with E-state index >= 15 is 0 Å². The van der Waals surface area contributed by atoms with Gasteiger partial charge in [-0.3, -0.25) is 5.32 Å². The van der Waals surface area contributed by atoms with E-state index in [1.165, 1.54) is 6.20 Å². The van der Waals surface area contributed by atoms with E-state index in [1.54, 1.807) is 0 Å². The molecule has 7 nitrogen and oxygen atoms in total. The summed E-state index contributed by atoms with van der Waals surface area (Å²) in [5.41, 5.74) is 0.849. The summed E-state index contributed by atoms with van der Waals surface area (Å²) in [6.45, 7) is 0.